The Hall–Kier alpha value is -0.640. The number of ether oxygens (including phenoxy) is 1. The van der Waals surface area contributed by atoms with Crippen LogP contribution < -0.4 is 5.73 Å². The van der Waals surface area contributed by atoms with Gasteiger partial charge in [-0.25, -0.2) is 0 Å². The van der Waals surface area contributed by atoms with Crippen LogP contribution in [-0.4, -0.2) is 18.7 Å². The second kappa shape index (κ2) is 4.40. The van der Waals surface area contributed by atoms with Crippen LogP contribution in [0.25, 0.3) is 0 Å². The molecule has 0 spiro atoms. The molecule has 0 bridgehead atoms. The maximum Gasteiger partial charge on any atom is 0.0780 e. The summed E-state index contributed by atoms with van der Waals surface area (Å²) in [5.74, 6) is 0. The lowest BCUT2D eigenvalue weighted by atomic mass is 10.2. The van der Waals surface area contributed by atoms with Gasteiger partial charge in [-0.05, 0) is 12.1 Å². The van der Waals surface area contributed by atoms with Gasteiger partial charge in [0.25, 0.3) is 0 Å². The zero-order valence-electron chi connectivity index (χ0n) is 6.83. The van der Waals surface area contributed by atoms with Crippen LogP contribution in [0.5, 0.6) is 0 Å². The summed E-state index contributed by atoms with van der Waals surface area (Å²) < 4.78 is 4.89. The second-order valence-corrected chi connectivity index (χ2v) is 2.84. The fraction of sp³-hybridized carbons (Fsp3) is 0.375. The molecule has 1 atom stereocenters. The Morgan fingerprint density at radius 1 is 1.75 bits per heavy atom. The topological polar surface area (TPSA) is 48.1 Å². The lowest BCUT2D eigenvalue weighted by molar-refractivity contribution is 0.179. The molecule has 66 valence electrons. The van der Waals surface area contributed by atoms with Crippen molar-refractivity contribution in [1.29, 1.82) is 0 Å². The van der Waals surface area contributed by atoms with Crippen molar-refractivity contribution < 1.29 is 4.74 Å². The first kappa shape index (κ1) is 9.45. The molecule has 12 heavy (non-hydrogen) atoms. The highest BCUT2D eigenvalue weighted by atomic mass is 35.5. The number of nitrogens with zero attached hydrogens (tertiary/aromatic N) is 1. The molecular weight excluding hydrogens is 176 g/mol. The summed E-state index contributed by atoms with van der Waals surface area (Å²) in [6.45, 7) is 0.427. The van der Waals surface area contributed by atoms with Gasteiger partial charge in [-0.2, -0.15) is 0 Å². The van der Waals surface area contributed by atoms with Crippen LogP contribution >= 0.6 is 11.6 Å². The number of hydrogen-bond acceptors (Lipinski definition) is 3. The minimum Gasteiger partial charge on any atom is -0.383 e. The van der Waals surface area contributed by atoms with Gasteiger partial charge in [-0.15, -0.1) is 0 Å². The van der Waals surface area contributed by atoms with Crippen LogP contribution in [0.4, 0.5) is 0 Å². The third-order valence-corrected chi connectivity index (χ3v) is 1.80. The van der Waals surface area contributed by atoms with Crippen molar-refractivity contribution in [2.24, 2.45) is 5.73 Å². The van der Waals surface area contributed by atoms with Crippen molar-refractivity contribution in [1.82, 2.24) is 4.98 Å². The third kappa shape index (κ3) is 2.17. The van der Waals surface area contributed by atoms with Gasteiger partial charge in [0, 0.05) is 13.3 Å². The van der Waals surface area contributed by atoms with E-state index in [1.807, 2.05) is 0 Å². The highest BCUT2D eigenvalue weighted by Gasteiger charge is 2.09. The maximum absolute atomic E-state index is 5.86. The van der Waals surface area contributed by atoms with Crippen molar-refractivity contribution in [3.8, 4) is 0 Å². The summed E-state index contributed by atoms with van der Waals surface area (Å²) in [6, 6.07) is 3.29. The standard InChI is InChI=1S/C8H11ClN2O/c1-12-5-7(10)8-6(9)3-2-4-11-8/h2-4,7H,5,10H2,1H3. The Kier molecular flexibility index (Phi) is 3.47. The van der Waals surface area contributed by atoms with Crippen molar-refractivity contribution >= 4 is 11.6 Å². The van der Waals surface area contributed by atoms with E-state index in [2.05, 4.69) is 4.98 Å². The summed E-state index contributed by atoms with van der Waals surface area (Å²) in [4.78, 5) is 4.06. The normalized spacial score (nSPS) is 12.9. The molecule has 2 N–H and O–H groups in total. The van der Waals surface area contributed by atoms with Crippen molar-refractivity contribution in [2.45, 2.75) is 6.04 Å². The van der Waals surface area contributed by atoms with Gasteiger partial charge in [0.05, 0.1) is 23.4 Å². The highest BCUT2D eigenvalue weighted by Crippen LogP contribution is 2.17. The van der Waals surface area contributed by atoms with E-state index in [1.54, 1.807) is 25.4 Å². The first-order valence-corrected chi connectivity index (χ1v) is 3.98. The van der Waals surface area contributed by atoms with E-state index in [4.69, 9.17) is 22.1 Å². The summed E-state index contributed by atoms with van der Waals surface area (Å²) >= 11 is 5.86. The summed E-state index contributed by atoms with van der Waals surface area (Å²) in [5, 5.41) is 0.585. The molecule has 1 unspecified atom stereocenters. The lowest BCUT2D eigenvalue weighted by Crippen LogP contribution is -2.17. The van der Waals surface area contributed by atoms with Crippen LogP contribution in [0.3, 0.4) is 0 Å². The molecule has 0 fully saturated rings. The van der Waals surface area contributed by atoms with Crippen LogP contribution in [0, 0.1) is 0 Å². The molecule has 1 aromatic heterocycles. The number of methoxy groups -OCH3 is 1. The maximum atomic E-state index is 5.86. The molecule has 0 aliphatic rings. The number of pyridine rings is 1. The quantitative estimate of drug-likeness (QED) is 0.776. The van der Waals surface area contributed by atoms with E-state index >= 15 is 0 Å². The van der Waals surface area contributed by atoms with Crippen molar-refractivity contribution in [3.05, 3.63) is 29.0 Å². The van der Waals surface area contributed by atoms with E-state index in [9.17, 15) is 0 Å². The average molecular weight is 187 g/mol. The van der Waals surface area contributed by atoms with Crippen molar-refractivity contribution in [2.75, 3.05) is 13.7 Å². The summed E-state index contributed by atoms with van der Waals surface area (Å²) in [6.07, 6.45) is 1.66. The molecule has 0 aromatic carbocycles. The predicted octanol–water partition coefficient (Wildman–Crippen LogP) is 1.38. The molecule has 1 heterocycles. The molecule has 1 rings (SSSR count). The Balaban J connectivity index is 2.79. The van der Waals surface area contributed by atoms with E-state index in [-0.39, 0.29) is 6.04 Å². The number of nitrogens with two attached hydrogens (primary N) is 1. The SMILES string of the molecule is COCC(N)c1ncccc1Cl. The van der Waals surface area contributed by atoms with Gasteiger partial charge < -0.3 is 10.5 Å². The number of rotatable bonds is 3. The van der Waals surface area contributed by atoms with Crippen LogP contribution in [0.1, 0.15) is 11.7 Å². The van der Waals surface area contributed by atoms with Crippen LogP contribution in [0.15, 0.2) is 18.3 Å². The monoisotopic (exact) mass is 186 g/mol. The first-order valence-electron chi connectivity index (χ1n) is 3.60. The average Bonchev–Trinajstić information content (AvgIpc) is 2.05. The molecular formula is C8H11ClN2O. The minimum absolute atomic E-state index is 0.247. The van der Waals surface area contributed by atoms with Gasteiger partial charge in [0.1, 0.15) is 0 Å². The summed E-state index contributed by atoms with van der Waals surface area (Å²) in [5.41, 5.74) is 6.42. The Labute approximate surface area is 76.5 Å². The molecule has 0 aliphatic carbocycles. The molecule has 0 saturated heterocycles. The Bertz CT molecular complexity index is 255. The molecule has 0 amide bonds. The highest BCUT2D eigenvalue weighted by molar-refractivity contribution is 6.31. The smallest absolute Gasteiger partial charge is 0.0780 e. The fourth-order valence-corrected chi connectivity index (χ4v) is 1.19. The zero-order valence-corrected chi connectivity index (χ0v) is 7.58. The zero-order chi connectivity index (χ0) is 8.97. The molecule has 4 heteroatoms. The largest absolute Gasteiger partial charge is 0.383 e. The van der Waals surface area contributed by atoms with Gasteiger partial charge in [0.2, 0.25) is 0 Å². The van der Waals surface area contributed by atoms with Crippen LogP contribution in [0.2, 0.25) is 5.02 Å². The Morgan fingerprint density at radius 2 is 2.50 bits per heavy atom. The van der Waals surface area contributed by atoms with Gasteiger partial charge in [-0.1, -0.05) is 11.6 Å². The molecule has 1 aromatic rings. The first-order chi connectivity index (χ1) is 5.75. The van der Waals surface area contributed by atoms with E-state index in [1.165, 1.54) is 0 Å². The van der Waals surface area contributed by atoms with Gasteiger partial charge in [-0.3, -0.25) is 4.98 Å². The van der Waals surface area contributed by atoms with E-state index < -0.39 is 0 Å². The van der Waals surface area contributed by atoms with Gasteiger partial charge in [0.15, 0.2) is 0 Å². The lowest BCUT2D eigenvalue weighted by Gasteiger charge is -2.10. The number of aromatic nitrogens is 1. The minimum atomic E-state index is -0.247. The van der Waals surface area contributed by atoms with E-state index in [0.717, 1.165) is 0 Å². The summed E-state index contributed by atoms with van der Waals surface area (Å²) in [7, 11) is 1.59. The van der Waals surface area contributed by atoms with Crippen molar-refractivity contribution in [3.63, 3.8) is 0 Å². The molecule has 0 saturated carbocycles. The molecule has 0 aliphatic heterocycles. The van der Waals surface area contributed by atoms with E-state index in [0.29, 0.717) is 17.3 Å². The second-order valence-electron chi connectivity index (χ2n) is 2.43. The van der Waals surface area contributed by atoms with Crippen LogP contribution in [-0.2, 0) is 4.74 Å². The third-order valence-electron chi connectivity index (χ3n) is 1.48. The predicted molar refractivity (Wildman–Crippen MR) is 48.1 cm³/mol. The molecule has 3 nitrogen and oxygen atoms in total. The number of halogens is 1. The Morgan fingerprint density at radius 3 is 3.08 bits per heavy atom. The van der Waals surface area contributed by atoms with Gasteiger partial charge >= 0.3 is 0 Å². The fourth-order valence-electron chi connectivity index (χ4n) is 0.929. The molecule has 0 radical (unpaired) electrons. The number of hydrogen-bond donors (Lipinski definition) is 1.